The van der Waals surface area contributed by atoms with E-state index in [1.54, 1.807) is 12.1 Å². The van der Waals surface area contributed by atoms with E-state index in [1.807, 2.05) is 11.8 Å². The molecule has 2 N–H and O–H groups in total. The summed E-state index contributed by atoms with van der Waals surface area (Å²) in [6.45, 7) is 0. The summed E-state index contributed by atoms with van der Waals surface area (Å²) < 4.78 is 0. The van der Waals surface area contributed by atoms with Crippen molar-refractivity contribution in [3.05, 3.63) is 24.0 Å². The molecule has 1 aliphatic carbocycles. The maximum atomic E-state index is 11.0. The van der Waals surface area contributed by atoms with Crippen LogP contribution >= 0.6 is 11.8 Å². The Morgan fingerprint density at radius 2 is 2.41 bits per heavy atom. The quantitative estimate of drug-likeness (QED) is 0.862. The van der Waals surface area contributed by atoms with E-state index in [0.29, 0.717) is 17.0 Å². The lowest BCUT2D eigenvalue weighted by atomic mass is 10.2. The molecule has 0 spiro atoms. The summed E-state index contributed by atoms with van der Waals surface area (Å²) in [5.74, 6) is -0.980. The number of rotatable bonds is 4. The first-order valence-corrected chi connectivity index (χ1v) is 6.99. The fourth-order valence-corrected chi connectivity index (χ4v) is 3.20. The second-order valence-corrected chi connectivity index (χ2v) is 5.24. The zero-order valence-electron chi connectivity index (χ0n) is 9.72. The van der Waals surface area contributed by atoms with Crippen LogP contribution < -0.4 is 5.32 Å². The normalized spacial score (nSPS) is 23.6. The highest BCUT2D eigenvalue weighted by Gasteiger charge is 2.27. The van der Waals surface area contributed by atoms with Crippen LogP contribution in [0, 0.1) is 0 Å². The fourth-order valence-electron chi connectivity index (χ4n) is 2.27. The van der Waals surface area contributed by atoms with E-state index in [2.05, 4.69) is 16.6 Å². The molecule has 92 valence electrons. The van der Waals surface area contributed by atoms with Gasteiger partial charge in [-0.2, -0.15) is 11.8 Å². The van der Waals surface area contributed by atoms with E-state index in [-0.39, 0.29) is 5.69 Å². The minimum Gasteiger partial charge on any atom is -0.476 e. The highest BCUT2D eigenvalue weighted by atomic mass is 32.2. The van der Waals surface area contributed by atoms with Gasteiger partial charge < -0.3 is 10.4 Å². The van der Waals surface area contributed by atoms with Crippen LogP contribution in [0.5, 0.6) is 0 Å². The van der Waals surface area contributed by atoms with Crippen LogP contribution in [0.15, 0.2) is 18.3 Å². The first-order valence-electron chi connectivity index (χ1n) is 5.70. The van der Waals surface area contributed by atoms with E-state index in [0.717, 1.165) is 6.42 Å². The first kappa shape index (κ1) is 12.2. The van der Waals surface area contributed by atoms with Gasteiger partial charge in [0.05, 0.1) is 5.69 Å². The summed E-state index contributed by atoms with van der Waals surface area (Å²) in [5, 5.41) is 12.9. The number of aromatic carboxylic acids is 1. The van der Waals surface area contributed by atoms with Crippen LogP contribution in [0.25, 0.3) is 0 Å². The van der Waals surface area contributed by atoms with Crippen molar-refractivity contribution in [2.45, 2.75) is 30.6 Å². The average Bonchev–Trinajstić information content (AvgIpc) is 2.77. The third-order valence-electron chi connectivity index (χ3n) is 3.11. The number of nitrogens with one attached hydrogen (secondary N) is 1. The molecular weight excluding hydrogens is 236 g/mol. The summed E-state index contributed by atoms with van der Waals surface area (Å²) in [6, 6.07) is 3.90. The van der Waals surface area contributed by atoms with Gasteiger partial charge in [-0.25, -0.2) is 9.78 Å². The topological polar surface area (TPSA) is 62.2 Å². The molecule has 0 amide bonds. The van der Waals surface area contributed by atoms with Gasteiger partial charge in [-0.3, -0.25) is 0 Å². The average molecular weight is 252 g/mol. The number of anilines is 1. The lowest BCUT2D eigenvalue weighted by molar-refractivity contribution is 0.0691. The fraction of sp³-hybridized carbons (Fsp3) is 0.500. The number of hydrogen-bond acceptors (Lipinski definition) is 4. The van der Waals surface area contributed by atoms with E-state index < -0.39 is 5.97 Å². The Bertz CT molecular complexity index is 411. The third-order valence-corrected chi connectivity index (χ3v) is 4.28. The smallest absolute Gasteiger partial charge is 0.356 e. The van der Waals surface area contributed by atoms with Gasteiger partial charge in [-0.15, -0.1) is 0 Å². The van der Waals surface area contributed by atoms with Crippen molar-refractivity contribution in [2.75, 3.05) is 11.6 Å². The zero-order valence-corrected chi connectivity index (χ0v) is 10.5. The summed E-state index contributed by atoms with van der Waals surface area (Å²) >= 11 is 1.84. The minimum absolute atomic E-state index is 0.110. The molecule has 1 heterocycles. The van der Waals surface area contributed by atoms with Crippen molar-refractivity contribution in [3.8, 4) is 0 Å². The molecular formula is C12H16N2O2S. The molecule has 4 nitrogen and oxygen atoms in total. The summed E-state index contributed by atoms with van der Waals surface area (Å²) in [4.78, 5) is 14.9. The number of hydrogen-bond donors (Lipinski definition) is 2. The lowest BCUT2D eigenvalue weighted by Gasteiger charge is -2.20. The maximum Gasteiger partial charge on any atom is 0.356 e. The van der Waals surface area contributed by atoms with Crippen molar-refractivity contribution < 1.29 is 9.90 Å². The second-order valence-electron chi connectivity index (χ2n) is 4.16. The summed E-state index contributed by atoms with van der Waals surface area (Å²) in [5.41, 5.74) is 0.741. The number of nitrogens with zero attached hydrogens (tertiary/aromatic N) is 1. The summed E-state index contributed by atoms with van der Waals surface area (Å²) in [7, 11) is 0. The highest BCUT2D eigenvalue weighted by molar-refractivity contribution is 7.99. The molecule has 1 aliphatic rings. The van der Waals surface area contributed by atoms with Gasteiger partial charge in [0.1, 0.15) is 0 Å². The molecule has 1 aromatic rings. The van der Waals surface area contributed by atoms with Crippen LogP contribution in [0.2, 0.25) is 0 Å². The lowest BCUT2D eigenvalue weighted by Crippen LogP contribution is -2.27. The van der Waals surface area contributed by atoms with E-state index in [4.69, 9.17) is 5.11 Å². The van der Waals surface area contributed by atoms with Crippen LogP contribution in [0.4, 0.5) is 5.69 Å². The molecule has 0 aliphatic heterocycles. The number of carboxylic acid groups (broad SMARTS) is 1. The molecule has 0 saturated heterocycles. The van der Waals surface area contributed by atoms with Crippen molar-refractivity contribution in [1.29, 1.82) is 0 Å². The van der Waals surface area contributed by atoms with Gasteiger partial charge in [0.15, 0.2) is 5.69 Å². The molecule has 2 rings (SSSR count). The van der Waals surface area contributed by atoms with Crippen LogP contribution in [-0.4, -0.2) is 33.6 Å². The number of carboxylic acids is 1. The molecule has 0 aromatic carbocycles. The summed E-state index contributed by atoms with van der Waals surface area (Å²) in [6.07, 6.45) is 7.11. The van der Waals surface area contributed by atoms with Gasteiger partial charge in [-0.05, 0) is 31.2 Å². The van der Waals surface area contributed by atoms with Crippen molar-refractivity contribution >= 4 is 23.4 Å². The van der Waals surface area contributed by atoms with Crippen LogP contribution in [-0.2, 0) is 0 Å². The molecule has 1 fully saturated rings. The van der Waals surface area contributed by atoms with Gasteiger partial charge in [0, 0.05) is 17.5 Å². The van der Waals surface area contributed by atoms with Crippen LogP contribution in [0.1, 0.15) is 29.8 Å². The molecule has 17 heavy (non-hydrogen) atoms. The Morgan fingerprint density at radius 3 is 3.12 bits per heavy atom. The van der Waals surface area contributed by atoms with Crippen molar-refractivity contribution in [2.24, 2.45) is 0 Å². The Hall–Kier alpha value is -1.23. The van der Waals surface area contributed by atoms with E-state index in [9.17, 15) is 4.79 Å². The van der Waals surface area contributed by atoms with Gasteiger partial charge in [0.2, 0.25) is 0 Å². The highest BCUT2D eigenvalue weighted by Crippen LogP contribution is 2.31. The molecule has 1 aromatic heterocycles. The Kier molecular flexibility index (Phi) is 3.89. The predicted molar refractivity (Wildman–Crippen MR) is 69.8 cm³/mol. The largest absolute Gasteiger partial charge is 0.476 e. The van der Waals surface area contributed by atoms with Gasteiger partial charge in [-0.1, -0.05) is 6.42 Å². The standard InChI is InChI=1S/C12H16N2O2S/c1-17-10-6-2-4-8(10)14-9-5-3-7-13-11(9)12(15)16/h3,5,7-8,10,14H,2,4,6H2,1H3,(H,15,16). The molecule has 0 radical (unpaired) electrons. The Labute approximate surface area is 105 Å². The zero-order chi connectivity index (χ0) is 12.3. The SMILES string of the molecule is CSC1CCCC1Nc1cccnc1C(=O)O. The number of thioether (sulfide) groups is 1. The Morgan fingerprint density at radius 1 is 1.59 bits per heavy atom. The van der Waals surface area contributed by atoms with E-state index in [1.165, 1.54) is 19.0 Å². The number of aromatic nitrogens is 1. The van der Waals surface area contributed by atoms with Crippen LogP contribution in [0.3, 0.4) is 0 Å². The minimum atomic E-state index is -0.980. The maximum absolute atomic E-state index is 11.0. The molecule has 2 atom stereocenters. The number of carbonyl (C=O) groups is 1. The molecule has 0 bridgehead atoms. The monoisotopic (exact) mass is 252 g/mol. The van der Waals surface area contributed by atoms with Crippen molar-refractivity contribution in [3.63, 3.8) is 0 Å². The second kappa shape index (κ2) is 5.40. The van der Waals surface area contributed by atoms with Gasteiger partial charge >= 0.3 is 5.97 Å². The number of pyridine rings is 1. The molecule has 5 heteroatoms. The van der Waals surface area contributed by atoms with E-state index >= 15 is 0 Å². The van der Waals surface area contributed by atoms with Gasteiger partial charge in [0.25, 0.3) is 0 Å². The predicted octanol–water partition coefficient (Wildman–Crippen LogP) is 2.48. The third kappa shape index (κ3) is 2.72. The van der Waals surface area contributed by atoms with Crippen molar-refractivity contribution in [1.82, 2.24) is 4.98 Å². The first-order chi connectivity index (χ1) is 8.22. The molecule has 1 saturated carbocycles. The molecule has 2 unspecified atom stereocenters. The Balaban J connectivity index is 2.15.